The number of guanidine groups is 1. The maximum absolute atomic E-state index is 11.6. The Morgan fingerprint density at radius 3 is 2.59 bits per heavy atom. The van der Waals surface area contributed by atoms with Crippen molar-refractivity contribution in [1.29, 1.82) is 0 Å². The van der Waals surface area contributed by atoms with Gasteiger partial charge in [0.1, 0.15) is 0 Å². The summed E-state index contributed by atoms with van der Waals surface area (Å²) in [5, 5.41) is 11.6. The van der Waals surface area contributed by atoms with Crippen molar-refractivity contribution in [2.24, 2.45) is 4.99 Å². The van der Waals surface area contributed by atoms with E-state index >= 15 is 0 Å². The molecule has 8 heteroatoms. The van der Waals surface area contributed by atoms with Crippen molar-refractivity contribution in [2.75, 3.05) is 19.9 Å². The molecule has 0 aromatic heterocycles. The largest absolute Gasteiger partial charge is 0.392 e. The van der Waals surface area contributed by atoms with E-state index in [0.29, 0.717) is 19.9 Å². The molecule has 0 aromatic rings. The number of aliphatic hydroxyl groups is 1. The molecule has 1 atom stereocenters. The number of aliphatic hydroxyl groups excluding tert-OH is 1. The fraction of sp³-hybridized carbons (Fsp3) is 0.889. The molecule has 1 aliphatic heterocycles. The monoisotopic (exact) mass is 264 g/mol. The molecule has 0 fully saturated rings. The molecule has 0 aromatic carbocycles. The van der Waals surface area contributed by atoms with E-state index in [-0.39, 0.29) is 5.96 Å². The molecule has 0 radical (unpaired) electrons. The van der Waals surface area contributed by atoms with E-state index in [9.17, 15) is 13.5 Å². The van der Waals surface area contributed by atoms with Crippen molar-refractivity contribution < 1.29 is 13.5 Å². The normalized spacial score (nSPS) is 19.7. The molecule has 100 valence electrons. The first-order chi connectivity index (χ1) is 7.81. The number of β-amino-alcohol motifs (C(OH)–C–C–N with tert-alkyl or cyclic N) is 1. The van der Waals surface area contributed by atoms with Crippen LogP contribution < -0.4 is 10.0 Å². The maximum atomic E-state index is 11.6. The molecule has 7 nitrogen and oxygen atoms in total. The van der Waals surface area contributed by atoms with Gasteiger partial charge in [0.25, 0.3) is 0 Å². The van der Waals surface area contributed by atoms with Crippen LogP contribution in [0.25, 0.3) is 0 Å². The van der Waals surface area contributed by atoms with E-state index in [1.54, 1.807) is 20.8 Å². The van der Waals surface area contributed by atoms with Gasteiger partial charge in [-0.2, -0.15) is 0 Å². The van der Waals surface area contributed by atoms with E-state index < -0.39 is 21.4 Å². The Bertz CT molecular complexity index is 378. The van der Waals surface area contributed by atoms with Gasteiger partial charge in [-0.1, -0.05) is 0 Å². The molecule has 1 rings (SSSR count). The Balaban J connectivity index is 2.52. The Morgan fingerprint density at radius 1 is 1.53 bits per heavy atom. The lowest BCUT2D eigenvalue weighted by Crippen LogP contribution is -2.52. The highest BCUT2D eigenvalue weighted by Gasteiger charge is 2.20. The number of aliphatic imine (C=N–C) groups is 1. The van der Waals surface area contributed by atoms with Crippen molar-refractivity contribution in [3.63, 3.8) is 0 Å². The maximum Gasteiger partial charge on any atom is 0.237 e. The number of rotatable bonds is 4. The third kappa shape index (κ3) is 4.49. The van der Waals surface area contributed by atoms with Gasteiger partial charge < -0.3 is 10.4 Å². The van der Waals surface area contributed by atoms with Gasteiger partial charge in [0.05, 0.1) is 24.7 Å². The van der Waals surface area contributed by atoms with E-state index in [1.165, 1.54) is 0 Å². The minimum absolute atomic E-state index is 0.264. The molecule has 3 N–H and O–H groups in total. The SMILES string of the molecule is CC(C)S(=O)(=O)NC1=NCN(C[C@H](C)O)CN1. The molecule has 0 amide bonds. The number of sulfonamides is 1. The molecule has 0 saturated carbocycles. The first-order valence-corrected chi connectivity index (χ1v) is 7.06. The predicted molar refractivity (Wildman–Crippen MR) is 65.9 cm³/mol. The lowest BCUT2D eigenvalue weighted by Gasteiger charge is -2.28. The summed E-state index contributed by atoms with van der Waals surface area (Å²) in [6, 6.07) is 0. The fourth-order valence-electron chi connectivity index (χ4n) is 1.28. The molecule has 0 aliphatic carbocycles. The zero-order valence-corrected chi connectivity index (χ0v) is 11.2. The highest BCUT2D eigenvalue weighted by molar-refractivity contribution is 7.90. The van der Waals surface area contributed by atoms with Gasteiger partial charge in [0.2, 0.25) is 16.0 Å². The van der Waals surface area contributed by atoms with Gasteiger partial charge in [0, 0.05) is 6.54 Å². The Labute approximate surface area is 102 Å². The minimum Gasteiger partial charge on any atom is -0.392 e. The minimum atomic E-state index is -3.35. The molecule has 1 heterocycles. The van der Waals surface area contributed by atoms with E-state index in [1.807, 2.05) is 4.90 Å². The standard InChI is InChI=1S/C9H20N4O3S/c1-7(2)17(15,16)12-9-10-5-13(6-11-9)4-8(3)14/h7-8,14H,4-6H2,1-3H3,(H2,10,11,12)/t8-/m0/s1. The zero-order valence-electron chi connectivity index (χ0n) is 10.3. The number of nitrogens with one attached hydrogen (secondary N) is 2. The highest BCUT2D eigenvalue weighted by Crippen LogP contribution is 1.99. The summed E-state index contributed by atoms with van der Waals surface area (Å²) >= 11 is 0. The molecule has 0 saturated heterocycles. The number of nitrogens with zero attached hydrogens (tertiary/aromatic N) is 2. The molecule has 0 unspecified atom stereocenters. The second-order valence-electron chi connectivity index (χ2n) is 4.38. The number of hydrogen-bond acceptors (Lipinski definition) is 6. The summed E-state index contributed by atoms with van der Waals surface area (Å²) in [5.41, 5.74) is 0. The van der Waals surface area contributed by atoms with E-state index in [4.69, 9.17) is 0 Å². The fourth-order valence-corrected chi connectivity index (χ4v) is 1.92. The summed E-state index contributed by atoms with van der Waals surface area (Å²) in [6.45, 7) is 6.23. The molecule has 0 spiro atoms. The summed E-state index contributed by atoms with van der Waals surface area (Å²) < 4.78 is 25.5. The van der Waals surface area contributed by atoms with Crippen LogP contribution in [0.1, 0.15) is 20.8 Å². The first-order valence-electron chi connectivity index (χ1n) is 5.51. The smallest absolute Gasteiger partial charge is 0.237 e. The Kier molecular flexibility index (Phi) is 4.72. The van der Waals surface area contributed by atoms with Gasteiger partial charge in [-0.3, -0.25) is 9.62 Å². The molecule has 1 aliphatic rings. The summed E-state index contributed by atoms with van der Waals surface area (Å²) in [5.74, 6) is 0.264. The van der Waals surface area contributed by atoms with Crippen LogP contribution >= 0.6 is 0 Å². The Morgan fingerprint density at radius 2 is 2.18 bits per heavy atom. The van der Waals surface area contributed by atoms with E-state index in [0.717, 1.165) is 0 Å². The van der Waals surface area contributed by atoms with Crippen LogP contribution in [0, 0.1) is 0 Å². The van der Waals surface area contributed by atoms with Crippen molar-refractivity contribution in [3.05, 3.63) is 0 Å². The molecular formula is C9H20N4O3S. The highest BCUT2D eigenvalue weighted by atomic mass is 32.2. The average Bonchev–Trinajstić information content (AvgIpc) is 2.19. The molecular weight excluding hydrogens is 244 g/mol. The third-order valence-corrected chi connectivity index (χ3v) is 4.00. The second kappa shape index (κ2) is 5.65. The van der Waals surface area contributed by atoms with Crippen LogP contribution in [0.5, 0.6) is 0 Å². The Hall–Kier alpha value is -0.860. The van der Waals surface area contributed by atoms with Gasteiger partial charge in [-0.15, -0.1) is 0 Å². The van der Waals surface area contributed by atoms with Crippen molar-refractivity contribution in [3.8, 4) is 0 Å². The zero-order chi connectivity index (χ0) is 13.1. The van der Waals surface area contributed by atoms with Gasteiger partial charge in [-0.25, -0.2) is 13.4 Å². The predicted octanol–water partition coefficient (Wildman–Crippen LogP) is -1.13. The summed E-state index contributed by atoms with van der Waals surface area (Å²) in [4.78, 5) is 5.93. The van der Waals surface area contributed by atoms with Crippen LogP contribution in [0.15, 0.2) is 4.99 Å². The number of hydrogen-bond donors (Lipinski definition) is 3. The van der Waals surface area contributed by atoms with Gasteiger partial charge >= 0.3 is 0 Å². The van der Waals surface area contributed by atoms with Gasteiger partial charge in [-0.05, 0) is 20.8 Å². The molecule has 0 bridgehead atoms. The average molecular weight is 264 g/mol. The topological polar surface area (TPSA) is 94.0 Å². The quantitative estimate of drug-likeness (QED) is 0.597. The summed E-state index contributed by atoms with van der Waals surface area (Å²) in [6.07, 6.45) is -0.430. The van der Waals surface area contributed by atoms with Crippen LogP contribution in [0.4, 0.5) is 0 Å². The van der Waals surface area contributed by atoms with E-state index in [2.05, 4.69) is 15.0 Å². The van der Waals surface area contributed by atoms with Crippen molar-refractivity contribution >= 4 is 16.0 Å². The van der Waals surface area contributed by atoms with Crippen LogP contribution in [-0.2, 0) is 10.0 Å². The van der Waals surface area contributed by atoms with Crippen LogP contribution in [0.2, 0.25) is 0 Å². The van der Waals surface area contributed by atoms with Crippen LogP contribution in [0.3, 0.4) is 0 Å². The van der Waals surface area contributed by atoms with Gasteiger partial charge in [0.15, 0.2) is 0 Å². The summed E-state index contributed by atoms with van der Waals surface area (Å²) in [7, 11) is -3.35. The lowest BCUT2D eigenvalue weighted by atomic mass is 10.4. The third-order valence-electron chi connectivity index (χ3n) is 2.28. The lowest BCUT2D eigenvalue weighted by molar-refractivity contribution is 0.123. The van der Waals surface area contributed by atoms with Crippen molar-refractivity contribution in [2.45, 2.75) is 32.1 Å². The second-order valence-corrected chi connectivity index (χ2v) is 6.62. The van der Waals surface area contributed by atoms with Crippen molar-refractivity contribution in [1.82, 2.24) is 14.9 Å². The molecule has 17 heavy (non-hydrogen) atoms. The van der Waals surface area contributed by atoms with Crippen LogP contribution in [-0.4, -0.2) is 55.6 Å². The first kappa shape index (κ1) is 14.2.